The molecule has 1 heterocycles. The van der Waals surface area contributed by atoms with E-state index in [-0.39, 0.29) is 11.8 Å². The molecule has 1 aliphatic carbocycles. The van der Waals surface area contributed by atoms with Gasteiger partial charge in [-0.2, -0.15) is 5.10 Å². The molecule has 0 radical (unpaired) electrons. The lowest BCUT2D eigenvalue weighted by Crippen LogP contribution is -2.31. The zero-order valence-corrected chi connectivity index (χ0v) is 15.5. The minimum atomic E-state index is 0.170. The number of carbonyl (C=O) groups excluding carboxylic acids is 1. The predicted octanol–water partition coefficient (Wildman–Crippen LogP) is 4.74. The third-order valence-electron chi connectivity index (χ3n) is 5.29. The van der Waals surface area contributed by atoms with Gasteiger partial charge in [0.15, 0.2) is 0 Å². The quantitative estimate of drug-likeness (QED) is 0.715. The van der Waals surface area contributed by atoms with E-state index in [4.69, 9.17) is 5.10 Å². The van der Waals surface area contributed by atoms with Gasteiger partial charge in [0, 0.05) is 29.8 Å². The van der Waals surface area contributed by atoms with E-state index < -0.39 is 0 Å². The van der Waals surface area contributed by atoms with E-state index in [2.05, 4.69) is 17.4 Å². The van der Waals surface area contributed by atoms with Gasteiger partial charge in [-0.25, -0.2) is 4.68 Å². The standard InChI is InChI=1S/C23H25N3O/c27-23(19-12-6-2-7-13-19)24-16-20-17-26(21-14-8-3-9-15-21)25-22(20)18-10-4-1-5-11-18/h1,3-5,8-11,14-15,17,19H,2,6-7,12-13,16H2,(H,24,27). The van der Waals surface area contributed by atoms with Crippen molar-refractivity contribution < 1.29 is 4.79 Å². The van der Waals surface area contributed by atoms with E-state index in [9.17, 15) is 4.79 Å². The molecule has 1 amide bonds. The molecule has 138 valence electrons. The Morgan fingerprint density at radius 3 is 2.33 bits per heavy atom. The van der Waals surface area contributed by atoms with E-state index >= 15 is 0 Å². The second-order valence-electron chi connectivity index (χ2n) is 7.20. The number of amides is 1. The highest BCUT2D eigenvalue weighted by atomic mass is 16.1. The van der Waals surface area contributed by atoms with Gasteiger partial charge in [-0.1, -0.05) is 67.8 Å². The summed E-state index contributed by atoms with van der Waals surface area (Å²) in [7, 11) is 0. The zero-order chi connectivity index (χ0) is 18.5. The molecule has 1 aromatic heterocycles. The third-order valence-corrected chi connectivity index (χ3v) is 5.29. The third kappa shape index (κ3) is 4.11. The van der Waals surface area contributed by atoms with Crippen molar-refractivity contribution in [1.29, 1.82) is 0 Å². The van der Waals surface area contributed by atoms with Crippen LogP contribution in [0.1, 0.15) is 37.7 Å². The molecule has 2 aromatic carbocycles. The molecule has 0 atom stereocenters. The fourth-order valence-electron chi connectivity index (χ4n) is 3.78. The summed E-state index contributed by atoms with van der Waals surface area (Å²) in [6.07, 6.45) is 7.64. The number of carbonyl (C=O) groups is 1. The Bertz CT molecular complexity index is 881. The van der Waals surface area contributed by atoms with Crippen LogP contribution in [0.15, 0.2) is 66.9 Å². The molecule has 0 spiro atoms. The van der Waals surface area contributed by atoms with Gasteiger partial charge in [-0.3, -0.25) is 4.79 Å². The van der Waals surface area contributed by atoms with Gasteiger partial charge in [-0.05, 0) is 25.0 Å². The van der Waals surface area contributed by atoms with Crippen LogP contribution in [0.4, 0.5) is 0 Å². The highest BCUT2D eigenvalue weighted by Gasteiger charge is 2.21. The number of aromatic nitrogens is 2. The first kappa shape index (κ1) is 17.5. The van der Waals surface area contributed by atoms with Crippen molar-refractivity contribution in [2.45, 2.75) is 38.6 Å². The normalized spacial score (nSPS) is 14.8. The van der Waals surface area contributed by atoms with Crippen molar-refractivity contribution in [3.05, 3.63) is 72.4 Å². The highest BCUT2D eigenvalue weighted by Crippen LogP contribution is 2.25. The Morgan fingerprint density at radius 2 is 1.63 bits per heavy atom. The van der Waals surface area contributed by atoms with Crippen molar-refractivity contribution in [3.63, 3.8) is 0 Å². The Morgan fingerprint density at radius 1 is 0.963 bits per heavy atom. The molecule has 1 N–H and O–H groups in total. The molecule has 0 bridgehead atoms. The fourth-order valence-corrected chi connectivity index (χ4v) is 3.78. The number of benzene rings is 2. The molecule has 0 saturated heterocycles. The molecule has 4 rings (SSSR count). The summed E-state index contributed by atoms with van der Waals surface area (Å²) >= 11 is 0. The summed E-state index contributed by atoms with van der Waals surface area (Å²) in [4.78, 5) is 12.6. The van der Waals surface area contributed by atoms with Gasteiger partial charge in [0.1, 0.15) is 0 Å². The largest absolute Gasteiger partial charge is 0.352 e. The first-order valence-electron chi connectivity index (χ1n) is 9.78. The van der Waals surface area contributed by atoms with E-state index in [0.717, 1.165) is 35.3 Å². The van der Waals surface area contributed by atoms with Crippen molar-refractivity contribution in [1.82, 2.24) is 15.1 Å². The Hall–Kier alpha value is -2.88. The van der Waals surface area contributed by atoms with Gasteiger partial charge in [0.2, 0.25) is 5.91 Å². The first-order chi connectivity index (χ1) is 13.3. The van der Waals surface area contributed by atoms with Gasteiger partial charge < -0.3 is 5.32 Å². The Balaban J connectivity index is 1.58. The first-order valence-corrected chi connectivity index (χ1v) is 9.78. The summed E-state index contributed by atoms with van der Waals surface area (Å²) in [6, 6.07) is 20.2. The summed E-state index contributed by atoms with van der Waals surface area (Å²) < 4.78 is 1.89. The highest BCUT2D eigenvalue weighted by molar-refractivity contribution is 5.79. The molecule has 27 heavy (non-hydrogen) atoms. The molecular formula is C23H25N3O. The van der Waals surface area contributed by atoms with Crippen molar-refractivity contribution >= 4 is 5.91 Å². The second kappa shape index (κ2) is 8.21. The van der Waals surface area contributed by atoms with Crippen molar-refractivity contribution in [2.24, 2.45) is 5.92 Å². The number of nitrogens with zero attached hydrogens (tertiary/aromatic N) is 2. The molecule has 0 aliphatic heterocycles. The lowest BCUT2D eigenvalue weighted by molar-refractivity contribution is -0.126. The maximum atomic E-state index is 12.6. The summed E-state index contributed by atoms with van der Waals surface area (Å²) in [5.74, 6) is 0.351. The predicted molar refractivity (Wildman–Crippen MR) is 107 cm³/mol. The maximum Gasteiger partial charge on any atom is 0.223 e. The summed E-state index contributed by atoms with van der Waals surface area (Å²) in [5, 5.41) is 7.96. The fraction of sp³-hybridized carbons (Fsp3) is 0.304. The topological polar surface area (TPSA) is 46.9 Å². The maximum absolute atomic E-state index is 12.6. The van der Waals surface area contributed by atoms with Crippen LogP contribution in [0, 0.1) is 5.92 Å². The van der Waals surface area contributed by atoms with Crippen LogP contribution in [0.2, 0.25) is 0 Å². The number of hydrogen-bond donors (Lipinski definition) is 1. The average Bonchev–Trinajstić information content (AvgIpc) is 3.18. The molecule has 1 fully saturated rings. The van der Waals surface area contributed by atoms with Crippen LogP contribution in [0.25, 0.3) is 16.9 Å². The molecular weight excluding hydrogens is 334 g/mol. The monoisotopic (exact) mass is 359 g/mol. The second-order valence-corrected chi connectivity index (χ2v) is 7.20. The molecule has 1 saturated carbocycles. The number of para-hydroxylation sites is 1. The van der Waals surface area contributed by atoms with E-state index in [1.807, 2.05) is 59.4 Å². The van der Waals surface area contributed by atoms with Crippen molar-refractivity contribution in [3.8, 4) is 16.9 Å². The van der Waals surface area contributed by atoms with Crippen LogP contribution < -0.4 is 5.32 Å². The van der Waals surface area contributed by atoms with E-state index in [1.165, 1.54) is 19.3 Å². The van der Waals surface area contributed by atoms with Gasteiger partial charge in [-0.15, -0.1) is 0 Å². The Labute approximate surface area is 160 Å². The lowest BCUT2D eigenvalue weighted by atomic mass is 9.88. The SMILES string of the molecule is O=C(NCc1cn(-c2ccccc2)nc1-c1ccccc1)C1CCCCC1. The van der Waals surface area contributed by atoms with Gasteiger partial charge in [0.05, 0.1) is 11.4 Å². The number of nitrogens with one attached hydrogen (secondary N) is 1. The molecule has 4 nitrogen and oxygen atoms in total. The van der Waals surface area contributed by atoms with E-state index in [1.54, 1.807) is 0 Å². The van der Waals surface area contributed by atoms with Crippen LogP contribution in [-0.4, -0.2) is 15.7 Å². The minimum Gasteiger partial charge on any atom is -0.352 e. The van der Waals surface area contributed by atoms with Crippen LogP contribution in [0.3, 0.4) is 0 Å². The van der Waals surface area contributed by atoms with Crippen LogP contribution in [-0.2, 0) is 11.3 Å². The van der Waals surface area contributed by atoms with E-state index in [0.29, 0.717) is 6.54 Å². The molecule has 1 aliphatic rings. The Kier molecular flexibility index (Phi) is 5.33. The number of hydrogen-bond acceptors (Lipinski definition) is 2. The van der Waals surface area contributed by atoms with Gasteiger partial charge in [0.25, 0.3) is 0 Å². The molecule has 3 aromatic rings. The number of rotatable bonds is 5. The zero-order valence-electron chi connectivity index (χ0n) is 15.5. The summed E-state index contributed by atoms with van der Waals surface area (Å²) in [5.41, 5.74) is 4.03. The van der Waals surface area contributed by atoms with Gasteiger partial charge >= 0.3 is 0 Å². The molecule has 0 unspecified atom stereocenters. The minimum absolute atomic E-state index is 0.170. The average molecular weight is 359 g/mol. The summed E-state index contributed by atoms with van der Waals surface area (Å²) in [6.45, 7) is 0.506. The van der Waals surface area contributed by atoms with Crippen LogP contribution >= 0.6 is 0 Å². The lowest BCUT2D eigenvalue weighted by Gasteiger charge is -2.20. The smallest absolute Gasteiger partial charge is 0.223 e. The molecule has 4 heteroatoms. The van der Waals surface area contributed by atoms with Crippen molar-refractivity contribution in [2.75, 3.05) is 0 Å². The van der Waals surface area contributed by atoms with Crippen LogP contribution in [0.5, 0.6) is 0 Å².